The summed E-state index contributed by atoms with van der Waals surface area (Å²) in [5.74, 6) is 0.633. The van der Waals surface area contributed by atoms with Gasteiger partial charge in [0.25, 0.3) is 11.8 Å². The molecule has 6 heteroatoms. The molecule has 0 saturated heterocycles. The molecule has 2 heterocycles. The Labute approximate surface area is 226 Å². The smallest absolute Gasteiger partial charge is 0.270 e. The van der Waals surface area contributed by atoms with E-state index in [1.807, 2.05) is 68.5 Å². The van der Waals surface area contributed by atoms with E-state index in [0.29, 0.717) is 36.8 Å². The molecule has 0 spiro atoms. The molecule has 1 fully saturated rings. The average molecular weight is 513 g/mol. The van der Waals surface area contributed by atoms with E-state index in [2.05, 4.69) is 27.7 Å². The van der Waals surface area contributed by atoms with Crippen LogP contribution in [0.5, 0.6) is 0 Å². The fraction of sp³-hybridized carbons (Fsp3) is 0.438. The zero-order valence-corrected chi connectivity index (χ0v) is 23.0. The molecule has 1 saturated carbocycles. The molecule has 0 bridgehead atoms. The van der Waals surface area contributed by atoms with Crippen molar-refractivity contribution in [3.8, 4) is 0 Å². The van der Waals surface area contributed by atoms with Gasteiger partial charge >= 0.3 is 0 Å². The van der Waals surface area contributed by atoms with Crippen LogP contribution in [0, 0.1) is 0 Å². The second-order valence-electron chi connectivity index (χ2n) is 11.2. The zero-order chi connectivity index (χ0) is 26.6. The van der Waals surface area contributed by atoms with Gasteiger partial charge in [0.2, 0.25) is 0 Å². The highest BCUT2D eigenvalue weighted by Crippen LogP contribution is 2.34. The van der Waals surface area contributed by atoms with Crippen molar-refractivity contribution in [2.75, 3.05) is 39.1 Å². The summed E-state index contributed by atoms with van der Waals surface area (Å²) in [6, 6.07) is 20.3. The molecule has 2 amide bonds. The van der Waals surface area contributed by atoms with Crippen LogP contribution in [-0.2, 0) is 13.1 Å². The second kappa shape index (κ2) is 11.6. The number of anilines is 1. The van der Waals surface area contributed by atoms with Crippen molar-refractivity contribution in [2.24, 2.45) is 0 Å². The van der Waals surface area contributed by atoms with Gasteiger partial charge in [0.05, 0.1) is 13.1 Å². The minimum absolute atomic E-state index is 0.00373. The summed E-state index contributed by atoms with van der Waals surface area (Å²) in [5.41, 5.74) is 5.65. The maximum atomic E-state index is 13.9. The van der Waals surface area contributed by atoms with E-state index in [1.165, 1.54) is 37.7 Å². The number of benzene rings is 2. The van der Waals surface area contributed by atoms with Gasteiger partial charge in [-0.05, 0) is 87.3 Å². The average Bonchev–Trinajstić information content (AvgIpc) is 3.25. The van der Waals surface area contributed by atoms with Crippen molar-refractivity contribution in [3.63, 3.8) is 0 Å². The fourth-order valence-electron chi connectivity index (χ4n) is 5.94. The topological polar surface area (TPSA) is 48.8 Å². The maximum Gasteiger partial charge on any atom is 0.270 e. The van der Waals surface area contributed by atoms with Gasteiger partial charge < -0.3 is 19.3 Å². The first-order valence-electron chi connectivity index (χ1n) is 14.0. The summed E-state index contributed by atoms with van der Waals surface area (Å²) < 4.78 is 2.09. The van der Waals surface area contributed by atoms with Gasteiger partial charge in [-0.15, -0.1) is 0 Å². The summed E-state index contributed by atoms with van der Waals surface area (Å²) in [6.45, 7) is 2.64. The summed E-state index contributed by atoms with van der Waals surface area (Å²) >= 11 is 0. The van der Waals surface area contributed by atoms with Crippen molar-refractivity contribution < 1.29 is 9.59 Å². The fourth-order valence-corrected chi connectivity index (χ4v) is 5.94. The minimum Gasteiger partial charge on any atom is -0.340 e. The Bertz CT molecular complexity index is 1270. The highest BCUT2D eigenvalue weighted by atomic mass is 16.2. The third kappa shape index (κ3) is 5.56. The number of amides is 2. The van der Waals surface area contributed by atoms with Crippen LogP contribution in [0.25, 0.3) is 0 Å². The monoisotopic (exact) mass is 512 g/mol. The van der Waals surface area contributed by atoms with E-state index in [1.54, 1.807) is 4.90 Å². The zero-order valence-electron chi connectivity index (χ0n) is 23.0. The molecule has 0 N–H and O–H groups in total. The number of hydrogen-bond donors (Lipinski definition) is 0. The highest BCUT2D eigenvalue weighted by molar-refractivity contribution is 6.06. The molecule has 1 aliphatic heterocycles. The van der Waals surface area contributed by atoms with Crippen molar-refractivity contribution in [1.82, 2.24) is 14.4 Å². The molecule has 38 heavy (non-hydrogen) atoms. The molecule has 2 aliphatic rings. The summed E-state index contributed by atoms with van der Waals surface area (Å²) in [5, 5.41) is 0. The predicted octanol–water partition coefficient (Wildman–Crippen LogP) is 5.77. The summed E-state index contributed by atoms with van der Waals surface area (Å²) in [6.07, 6.45) is 7.35. The molecule has 1 aliphatic carbocycles. The quantitative estimate of drug-likeness (QED) is 0.404. The van der Waals surface area contributed by atoms with Crippen LogP contribution < -0.4 is 4.90 Å². The second-order valence-corrected chi connectivity index (χ2v) is 11.2. The van der Waals surface area contributed by atoms with E-state index in [9.17, 15) is 9.59 Å². The van der Waals surface area contributed by atoms with Crippen LogP contribution >= 0.6 is 0 Å². The van der Waals surface area contributed by atoms with Gasteiger partial charge in [0.1, 0.15) is 5.69 Å². The van der Waals surface area contributed by atoms with Crippen LogP contribution in [0.2, 0.25) is 0 Å². The van der Waals surface area contributed by atoms with E-state index < -0.39 is 0 Å². The first-order chi connectivity index (χ1) is 18.4. The molecule has 2 aromatic carbocycles. The van der Waals surface area contributed by atoms with Gasteiger partial charge in [-0.25, -0.2) is 0 Å². The van der Waals surface area contributed by atoms with Crippen molar-refractivity contribution in [1.29, 1.82) is 0 Å². The predicted molar refractivity (Wildman–Crippen MR) is 153 cm³/mol. The maximum absolute atomic E-state index is 13.9. The number of rotatable bonds is 7. The van der Waals surface area contributed by atoms with Crippen LogP contribution in [0.1, 0.15) is 82.1 Å². The van der Waals surface area contributed by atoms with Gasteiger partial charge in [0, 0.05) is 30.5 Å². The SMILES string of the molecule is CN(C)CCCN(C)C(=O)c1ccc2n1Cc1ccccc1N(C(=O)c1ccc(C3CCCCC3)cc1)C2. The lowest BCUT2D eigenvalue weighted by Crippen LogP contribution is -2.32. The third-order valence-corrected chi connectivity index (χ3v) is 8.15. The molecule has 5 rings (SSSR count). The van der Waals surface area contributed by atoms with Crippen LogP contribution in [-0.4, -0.2) is 60.4 Å². The number of hydrogen-bond acceptors (Lipinski definition) is 3. The molecule has 0 unspecified atom stereocenters. The Morgan fingerprint density at radius 1 is 0.842 bits per heavy atom. The van der Waals surface area contributed by atoms with Crippen molar-refractivity contribution in [2.45, 2.75) is 57.5 Å². The molecule has 1 aromatic heterocycles. The number of fused-ring (bicyclic) bond motifs is 2. The van der Waals surface area contributed by atoms with E-state index >= 15 is 0 Å². The van der Waals surface area contributed by atoms with Crippen molar-refractivity contribution in [3.05, 3.63) is 88.7 Å². The highest BCUT2D eigenvalue weighted by Gasteiger charge is 2.28. The number of carbonyl (C=O) groups is 2. The molecule has 0 radical (unpaired) electrons. The van der Waals surface area contributed by atoms with Crippen molar-refractivity contribution >= 4 is 17.5 Å². The minimum atomic E-state index is -0.00373. The van der Waals surface area contributed by atoms with E-state index in [-0.39, 0.29) is 11.8 Å². The van der Waals surface area contributed by atoms with Gasteiger partial charge in [-0.1, -0.05) is 49.6 Å². The number of aromatic nitrogens is 1. The Balaban J connectivity index is 1.39. The standard InChI is InChI=1S/C32H40N4O2/c1-33(2)20-9-21-34(3)32(38)30-19-18-28-23-36(29-13-8-7-12-27(29)22-35(28)30)31(37)26-16-14-25(15-17-26)24-10-5-4-6-11-24/h7-8,12-19,24H,4-6,9-11,20-23H2,1-3H3. The summed E-state index contributed by atoms with van der Waals surface area (Å²) in [7, 11) is 5.96. The Morgan fingerprint density at radius 3 is 2.32 bits per heavy atom. The Hall–Kier alpha value is -3.38. The van der Waals surface area contributed by atoms with Crippen LogP contribution in [0.15, 0.2) is 60.7 Å². The number of carbonyl (C=O) groups excluding carboxylic acids is 2. The van der Waals surface area contributed by atoms with Gasteiger partial charge in [-0.3, -0.25) is 9.59 Å². The van der Waals surface area contributed by atoms with Crippen LogP contribution in [0.4, 0.5) is 5.69 Å². The molecule has 200 valence electrons. The van der Waals surface area contributed by atoms with E-state index in [0.717, 1.165) is 29.9 Å². The molecule has 6 nitrogen and oxygen atoms in total. The molecule has 0 atom stereocenters. The lowest BCUT2D eigenvalue weighted by Gasteiger charge is -2.24. The first-order valence-corrected chi connectivity index (χ1v) is 14.0. The Morgan fingerprint density at radius 2 is 1.58 bits per heavy atom. The number of para-hydroxylation sites is 1. The molecule has 3 aromatic rings. The van der Waals surface area contributed by atoms with E-state index in [4.69, 9.17) is 0 Å². The largest absolute Gasteiger partial charge is 0.340 e. The van der Waals surface area contributed by atoms with Crippen LogP contribution in [0.3, 0.4) is 0 Å². The van der Waals surface area contributed by atoms with Gasteiger partial charge in [-0.2, -0.15) is 0 Å². The first kappa shape index (κ1) is 26.2. The summed E-state index contributed by atoms with van der Waals surface area (Å²) in [4.78, 5) is 33.1. The lowest BCUT2D eigenvalue weighted by atomic mass is 9.84. The lowest BCUT2D eigenvalue weighted by molar-refractivity contribution is 0.0780. The molecular weight excluding hydrogens is 472 g/mol. The molecular formula is C32H40N4O2. The Kier molecular flexibility index (Phi) is 7.98. The normalized spacial score (nSPS) is 15.6. The number of nitrogens with zero attached hydrogens (tertiary/aromatic N) is 4. The van der Waals surface area contributed by atoms with Gasteiger partial charge in [0.15, 0.2) is 0 Å². The third-order valence-electron chi connectivity index (χ3n) is 8.15.